The lowest BCUT2D eigenvalue weighted by Crippen LogP contribution is -2.05. The van der Waals surface area contributed by atoms with Crippen LogP contribution in [0.4, 0.5) is 0 Å². The molecule has 4 heteroatoms. The average Bonchev–Trinajstić information content (AvgIpc) is 2.88. The molecule has 5 aromatic rings. The number of fused-ring (bicyclic) bond motifs is 1. The van der Waals surface area contributed by atoms with Gasteiger partial charge in [0.1, 0.15) is 36.6 Å². The molecule has 0 N–H and O–H groups in total. The molecule has 0 radical (unpaired) electrons. The molecule has 0 fully saturated rings. The smallest absolute Gasteiger partial charge is 0.200 e. The summed E-state index contributed by atoms with van der Waals surface area (Å²) in [6.45, 7) is 0.945. The zero-order valence-corrected chi connectivity index (χ0v) is 17.9. The van der Waals surface area contributed by atoms with Gasteiger partial charge in [-0.15, -0.1) is 0 Å². The van der Waals surface area contributed by atoms with Gasteiger partial charge in [0.15, 0.2) is 5.43 Å². The summed E-state index contributed by atoms with van der Waals surface area (Å²) in [6.07, 6.45) is 1.51. The quantitative estimate of drug-likeness (QED) is 0.289. The second-order valence-electron chi connectivity index (χ2n) is 7.71. The first-order chi connectivity index (χ1) is 16.3. The molecule has 1 aromatic heterocycles. The van der Waals surface area contributed by atoms with Crippen LogP contribution in [-0.2, 0) is 13.2 Å². The lowest BCUT2D eigenvalue weighted by atomic mass is 10.1. The van der Waals surface area contributed by atoms with Crippen LogP contribution in [-0.4, -0.2) is 0 Å². The fraction of sp³-hybridized carbons (Fsp3) is 0.0690. The van der Waals surface area contributed by atoms with Crippen molar-refractivity contribution >= 4 is 11.0 Å². The number of hydrogen-bond acceptors (Lipinski definition) is 4. The van der Waals surface area contributed by atoms with Gasteiger partial charge in [0.2, 0.25) is 0 Å². The van der Waals surface area contributed by atoms with Crippen molar-refractivity contribution in [2.75, 3.05) is 0 Å². The third kappa shape index (κ3) is 4.80. The van der Waals surface area contributed by atoms with E-state index in [1.165, 1.54) is 6.26 Å². The van der Waals surface area contributed by atoms with Crippen molar-refractivity contribution in [1.82, 2.24) is 0 Å². The van der Waals surface area contributed by atoms with E-state index in [0.717, 1.165) is 22.4 Å². The Morgan fingerprint density at radius 2 is 1.21 bits per heavy atom. The fourth-order valence-electron chi connectivity index (χ4n) is 3.61. The monoisotopic (exact) mass is 434 g/mol. The van der Waals surface area contributed by atoms with Crippen molar-refractivity contribution in [3.8, 4) is 22.6 Å². The van der Waals surface area contributed by atoms with Crippen LogP contribution >= 0.6 is 0 Å². The molecule has 33 heavy (non-hydrogen) atoms. The topological polar surface area (TPSA) is 48.7 Å². The van der Waals surface area contributed by atoms with E-state index >= 15 is 0 Å². The highest BCUT2D eigenvalue weighted by Gasteiger charge is 2.11. The minimum Gasteiger partial charge on any atom is -0.489 e. The zero-order chi connectivity index (χ0) is 22.5. The second kappa shape index (κ2) is 9.45. The Morgan fingerprint density at radius 3 is 1.85 bits per heavy atom. The molecule has 5 rings (SSSR count). The van der Waals surface area contributed by atoms with Crippen LogP contribution < -0.4 is 14.9 Å². The molecule has 1 heterocycles. The van der Waals surface area contributed by atoms with Crippen LogP contribution in [0.25, 0.3) is 22.1 Å². The van der Waals surface area contributed by atoms with E-state index in [2.05, 4.69) is 0 Å². The average molecular weight is 434 g/mol. The van der Waals surface area contributed by atoms with E-state index in [0.29, 0.717) is 35.5 Å². The Kier molecular flexibility index (Phi) is 5.89. The maximum absolute atomic E-state index is 13.1. The van der Waals surface area contributed by atoms with Crippen LogP contribution in [0.15, 0.2) is 119 Å². The Labute approximate surface area is 191 Å². The molecule has 0 aliphatic rings. The number of rotatable bonds is 7. The maximum atomic E-state index is 13.1. The molecule has 4 aromatic carbocycles. The first kappa shape index (κ1) is 20.6. The van der Waals surface area contributed by atoms with E-state index < -0.39 is 0 Å². The Bertz CT molecular complexity index is 1410. The van der Waals surface area contributed by atoms with Gasteiger partial charge in [-0.2, -0.15) is 0 Å². The van der Waals surface area contributed by atoms with Gasteiger partial charge >= 0.3 is 0 Å². The van der Waals surface area contributed by atoms with Crippen molar-refractivity contribution < 1.29 is 13.9 Å². The minimum absolute atomic E-state index is 0.0798. The summed E-state index contributed by atoms with van der Waals surface area (Å²) in [5, 5.41) is 0.518. The molecule has 0 bridgehead atoms. The molecule has 0 atom stereocenters. The van der Waals surface area contributed by atoms with Crippen molar-refractivity contribution in [2.45, 2.75) is 13.2 Å². The summed E-state index contributed by atoms with van der Waals surface area (Å²) in [7, 11) is 0. The standard InChI is InChI=1S/C29H22O4/c30-29-26-16-15-25(32-19-22-9-5-2-6-10-22)17-28(26)33-20-27(29)23-11-13-24(14-12-23)31-18-21-7-3-1-4-8-21/h1-17,20H,18-19H2. The third-order valence-electron chi connectivity index (χ3n) is 5.41. The third-order valence-corrected chi connectivity index (χ3v) is 5.41. The summed E-state index contributed by atoms with van der Waals surface area (Å²) in [4.78, 5) is 13.1. The Morgan fingerprint density at radius 1 is 0.636 bits per heavy atom. The minimum atomic E-state index is -0.0798. The summed E-state index contributed by atoms with van der Waals surface area (Å²) < 4.78 is 17.5. The molecule has 0 amide bonds. The van der Waals surface area contributed by atoms with Crippen LogP contribution in [0.1, 0.15) is 11.1 Å². The summed E-state index contributed by atoms with van der Waals surface area (Å²) >= 11 is 0. The van der Waals surface area contributed by atoms with Gasteiger partial charge in [-0.05, 0) is 41.0 Å². The van der Waals surface area contributed by atoms with Gasteiger partial charge in [0.05, 0.1) is 10.9 Å². The van der Waals surface area contributed by atoms with Gasteiger partial charge in [-0.3, -0.25) is 4.79 Å². The molecule has 4 nitrogen and oxygen atoms in total. The molecule has 0 saturated heterocycles. The maximum Gasteiger partial charge on any atom is 0.200 e. The van der Waals surface area contributed by atoms with Gasteiger partial charge in [0.25, 0.3) is 0 Å². The van der Waals surface area contributed by atoms with Crippen LogP contribution in [0, 0.1) is 0 Å². The zero-order valence-electron chi connectivity index (χ0n) is 17.9. The first-order valence-corrected chi connectivity index (χ1v) is 10.8. The van der Waals surface area contributed by atoms with Gasteiger partial charge in [0, 0.05) is 6.07 Å². The highest BCUT2D eigenvalue weighted by atomic mass is 16.5. The number of benzene rings is 4. The number of ether oxygens (including phenoxy) is 2. The van der Waals surface area contributed by atoms with Crippen LogP contribution in [0.2, 0.25) is 0 Å². The van der Waals surface area contributed by atoms with Crippen LogP contribution in [0.5, 0.6) is 11.5 Å². The highest BCUT2D eigenvalue weighted by molar-refractivity contribution is 5.82. The SMILES string of the molecule is O=c1c(-c2ccc(OCc3ccccc3)cc2)coc2cc(OCc3ccccc3)ccc12. The highest BCUT2D eigenvalue weighted by Crippen LogP contribution is 2.25. The van der Waals surface area contributed by atoms with E-state index in [1.54, 1.807) is 18.2 Å². The van der Waals surface area contributed by atoms with Crippen molar-refractivity contribution in [3.63, 3.8) is 0 Å². The normalized spacial score (nSPS) is 10.8. The summed E-state index contributed by atoms with van der Waals surface area (Å²) in [5.74, 6) is 1.40. The fourth-order valence-corrected chi connectivity index (χ4v) is 3.61. The van der Waals surface area contributed by atoms with Crippen molar-refractivity contribution in [1.29, 1.82) is 0 Å². The molecule has 0 unspecified atom stereocenters. The van der Waals surface area contributed by atoms with Gasteiger partial charge in [-0.25, -0.2) is 0 Å². The molecule has 0 spiro atoms. The van der Waals surface area contributed by atoms with Crippen molar-refractivity contribution in [3.05, 3.63) is 131 Å². The second-order valence-corrected chi connectivity index (χ2v) is 7.71. The predicted molar refractivity (Wildman–Crippen MR) is 129 cm³/mol. The largest absolute Gasteiger partial charge is 0.489 e. The molecular formula is C29H22O4. The van der Waals surface area contributed by atoms with E-state index in [1.807, 2.05) is 84.9 Å². The van der Waals surface area contributed by atoms with Crippen molar-refractivity contribution in [2.24, 2.45) is 0 Å². The van der Waals surface area contributed by atoms with Crippen LogP contribution in [0.3, 0.4) is 0 Å². The summed E-state index contributed by atoms with van der Waals surface area (Å²) in [6, 6.07) is 32.7. The molecule has 0 saturated carbocycles. The molecule has 0 aliphatic heterocycles. The van der Waals surface area contributed by atoms with Gasteiger partial charge < -0.3 is 13.9 Å². The van der Waals surface area contributed by atoms with E-state index in [4.69, 9.17) is 13.9 Å². The number of hydrogen-bond donors (Lipinski definition) is 0. The molecule has 162 valence electrons. The van der Waals surface area contributed by atoms with E-state index in [9.17, 15) is 4.79 Å². The predicted octanol–water partition coefficient (Wildman–Crippen LogP) is 6.62. The Hall–Kier alpha value is -4.31. The Balaban J connectivity index is 1.32. The lowest BCUT2D eigenvalue weighted by molar-refractivity contribution is 0.306. The van der Waals surface area contributed by atoms with Gasteiger partial charge in [-0.1, -0.05) is 72.8 Å². The molecule has 0 aliphatic carbocycles. The first-order valence-electron chi connectivity index (χ1n) is 10.8. The van der Waals surface area contributed by atoms with E-state index in [-0.39, 0.29) is 5.43 Å². The summed E-state index contributed by atoms with van der Waals surface area (Å²) in [5.41, 5.74) is 3.88. The molecular weight excluding hydrogens is 412 g/mol. The lowest BCUT2D eigenvalue weighted by Gasteiger charge is -2.09.